The Morgan fingerprint density at radius 3 is 1.56 bits per heavy atom. The summed E-state index contributed by atoms with van der Waals surface area (Å²) < 4.78 is 2.70. The maximum absolute atomic E-state index is 2.65. The standard InChI is InChI=1S/C73H59BN2S/c1-44-26-36-56-57-42-58-67(43-62(57)73(61(56)38-44)59-24-16-14-22-54(59)55-23-15-17-25-60(55)73)77-70-69(58)76(51-34-30-49(31-35-51)72(6,7)8)66-40-45(2)39-65-68(66)74(70)63-37-27-47(53-21-13-12-20-52(53)46-18-10-9-11-19-46)41-64(63)75(65)50-32-28-48(29-33-50)71(3,4)5/h9-43H,1-8H3. The van der Waals surface area contributed by atoms with Crippen LogP contribution in [0.4, 0.5) is 34.1 Å². The molecule has 11 aromatic rings. The number of hydrogen-bond acceptors (Lipinski definition) is 3. The van der Waals surface area contributed by atoms with Gasteiger partial charge in [0.15, 0.2) is 0 Å². The Kier molecular flexibility index (Phi) is 9.84. The molecule has 0 saturated carbocycles. The van der Waals surface area contributed by atoms with Crippen molar-refractivity contribution >= 4 is 78.0 Å². The van der Waals surface area contributed by atoms with Crippen molar-refractivity contribution in [3.63, 3.8) is 0 Å². The SMILES string of the molecule is Cc1cc2c3c(c1)N(c1ccc(C(C)(C)C)cc1)c1c(sc4cc5c(cc14)-c1ccc(C)cc1C51c4ccccc4-c4ccccc41)B3c1ccc(-c3ccccc3-c3ccccc3)cc1N2c1ccc(C(C)(C)C)cc1. The molecule has 0 fully saturated rings. The lowest BCUT2D eigenvalue weighted by atomic mass is 9.36. The van der Waals surface area contributed by atoms with E-state index in [-0.39, 0.29) is 17.5 Å². The van der Waals surface area contributed by atoms with Crippen LogP contribution >= 0.6 is 11.3 Å². The minimum Gasteiger partial charge on any atom is -0.311 e. The van der Waals surface area contributed by atoms with E-state index in [2.05, 4.69) is 278 Å². The van der Waals surface area contributed by atoms with Crippen molar-refractivity contribution in [2.24, 2.45) is 0 Å². The molecule has 0 N–H and O–H groups in total. The molecule has 0 atom stereocenters. The number of fused-ring (bicyclic) bond motifs is 16. The average Bonchev–Trinajstić information content (AvgIpc) is 3.80. The predicted molar refractivity (Wildman–Crippen MR) is 330 cm³/mol. The molecule has 0 radical (unpaired) electrons. The van der Waals surface area contributed by atoms with Crippen LogP contribution in [0.15, 0.2) is 212 Å². The van der Waals surface area contributed by atoms with Gasteiger partial charge in [-0.05, 0) is 174 Å². The Hall–Kier alpha value is -8.18. The van der Waals surface area contributed by atoms with Gasteiger partial charge in [-0.1, -0.05) is 205 Å². The van der Waals surface area contributed by atoms with Gasteiger partial charge >= 0.3 is 0 Å². The molecule has 1 spiro atoms. The summed E-state index contributed by atoms with van der Waals surface area (Å²) in [7, 11) is 0. The second-order valence-corrected chi connectivity index (χ2v) is 25.3. The van der Waals surface area contributed by atoms with Gasteiger partial charge in [-0.25, -0.2) is 0 Å². The molecule has 4 aliphatic rings. The van der Waals surface area contributed by atoms with Crippen molar-refractivity contribution in [3.8, 4) is 44.5 Å². The number of thiophene rings is 1. The van der Waals surface area contributed by atoms with Crippen LogP contribution in [0.25, 0.3) is 54.6 Å². The second-order valence-electron chi connectivity index (χ2n) is 24.2. The summed E-state index contributed by atoms with van der Waals surface area (Å²) in [5.41, 5.74) is 30.5. The maximum Gasteiger partial charge on any atom is 0.264 e. The van der Waals surface area contributed by atoms with E-state index in [1.165, 1.54) is 143 Å². The molecular formula is C73H59BN2S. The summed E-state index contributed by atoms with van der Waals surface area (Å²) >= 11 is 2.01. The van der Waals surface area contributed by atoms with Crippen molar-refractivity contribution in [1.29, 1.82) is 0 Å². The summed E-state index contributed by atoms with van der Waals surface area (Å²) in [5.74, 6) is 0. The predicted octanol–water partition coefficient (Wildman–Crippen LogP) is 17.9. The van der Waals surface area contributed by atoms with Crippen molar-refractivity contribution < 1.29 is 0 Å². The summed E-state index contributed by atoms with van der Waals surface area (Å²) in [6, 6.07) is 81.8. The lowest BCUT2D eigenvalue weighted by Gasteiger charge is -2.43. The molecule has 0 amide bonds. The molecule has 0 saturated heterocycles. The highest BCUT2D eigenvalue weighted by Crippen LogP contribution is 2.64. The largest absolute Gasteiger partial charge is 0.311 e. The number of anilines is 6. The fraction of sp³-hybridized carbons (Fsp3) is 0.151. The van der Waals surface area contributed by atoms with Crippen molar-refractivity contribution in [3.05, 3.63) is 257 Å². The Morgan fingerprint density at radius 1 is 0.403 bits per heavy atom. The van der Waals surface area contributed by atoms with Gasteiger partial charge in [0, 0.05) is 43.3 Å². The number of nitrogens with zero attached hydrogens (tertiary/aromatic N) is 2. The van der Waals surface area contributed by atoms with Gasteiger partial charge in [0.1, 0.15) is 0 Å². The Balaban J connectivity index is 1.03. The molecule has 15 rings (SSSR count). The monoisotopic (exact) mass is 1010 g/mol. The summed E-state index contributed by atoms with van der Waals surface area (Å²) in [5, 5.41) is 1.30. The van der Waals surface area contributed by atoms with Gasteiger partial charge in [0.25, 0.3) is 6.71 Å². The van der Waals surface area contributed by atoms with Crippen LogP contribution in [0.1, 0.15) is 86.1 Å². The van der Waals surface area contributed by atoms with Gasteiger partial charge in [-0.15, -0.1) is 11.3 Å². The zero-order chi connectivity index (χ0) is 52.3. The summed E-state index contributed by atoms with van der Waals surface area (Å²) in [6.45, 7) is 18.4. The highest BCUT2D eigenvalue weighted by atomic mass is 32.1. The lowest BCUT2D eigenvalue weighted by molar-refractivity contribution is 0.590. The van der Waals surface area contributed by atoms with Crippen LogP contribution in [-0.2, 0) is 16.2 Å². The van der Waals surface area contributed by atoms with Crippen molar-refractivity contribution in [2.75, 3.05) is 9.80 Å². The van der Waals surface area contributed by atoms with Crippen LogP contribution in [0.2, 0.25) is 0 Å². The highest BCUT2D eigenvalue weighted by Gasteiger charge is 2.53. The first-order valence-corrected chi connectivity index (χ1v) is 28.3. The van der Waals surface area contributed by atoms with E-state index in [4.69, 9.17) is 0 Å². The van der Waals surface area contributed by atoms with E-state index in [1.54, 1.807) is 0 Å². The third-order valence-corrected chi connectivity index (χ3v) is 18.7. The third kappa shape index (κ3) is 6.61. The van der Waals surface area contributed by atoms with Crippen LogP contribution in [-0.4, -0.2) is 6.71 Å². The molecule has 77 heavy (non-hydrogen) atoms. The first-order chi connectivity index (χ1) is 37.3. The van der Waals surface area contributed by atoms with E-state index >= 15 is 0 Å². The molecular weight excluding hydrogens is 948 g/mol. The number of hydrogen-bond donors (Lipinski definition) is 0. The van der Waals surface area contributed by atoms with Crippen LogP contribution < -0.4 is 25.5 Å². The molecule has 3 heterocycles. The zero-order valence-corrected chi connectivity index (χ0v) is 45.9. The van der Waals surface area contributed by atoms with Crippen LogP contribution in [0.3, 0.4) is 0 Å². The minimum atomic E-state index is -0.439. The Morgan fingerprint density at radius 2 is 0.935 bits per heavy atom. The van der Waals surface area contributed by atoms with E-state index in [0.29, 0.717) is 0 Å². The molecule has 2 aliphatic heterocycles. The zero-order valence-electron chi connectivity index (χ0n) is 45.1. The molecule has 0 bridgehead atoms. The molecule has 370 valence electrons. The van der Waals surface area contributed by atoms with E-state index in [9.17, 15) is 0 Å². The molecule has 0 unspecified atom stereocenters. The highest BCUT2D eigenvalue weighted by molar-refractivity contribution is 7.33. The van der Waals surface area contributed by atoms with Gasteiger partial charge in [0.2, 0.25) is 0 Å². The second kappa shape index (κ2) is 16.4. The van der Waals surface area contributed by atoms with E-state index < -0.39 is 5.41 Å². The Bertz CT molecular complexity index is 4220. The third-order valence-electron chi connectivity index (χ3n) is 17.5. The molecule has 2 aliphatic carbocycles. The first kappa shape index (κ1) is 46.2. The van der Waals surface area contributed by atoms with Crippen LogP contribution in [0.5, 0.6) is 0 Å². The average molecular weight is 1010 g/mol. The van der Waals surface area contributed by atoms with Crippen LogP contribution in [0, 0.1) is 13.8 Å². The van der Waals surface area contributed by atoms with E-state index in [1.807, 2.05) is 11.3 Å². The van der Waals surface area contributed by atoms with Crippen molar-refractivity contribution in [2.45, 2.75) is 71.6 Å². The Labute approximate surface area is 458 Å². The topological polar surface area (TPSA) is 6.48 Å². The number of rotatable bonds is 4. The number of aryl methyl sites for hydroxylation is 2. The van der Waals surface area contributed by atoms with Gasteiger partial charge < -0.3 is 9.80 Å². The maximum atomic E-state index is 2.65. The molecule has 1 aromatic heterocycles. The van der Waals surface area contributed by atoms with E-state index in [0.717, 1.165) is 5.69 Å². The van der Waals surface area contributed by atoms with Gasteiger partial charge in [-0.2, -0.15) is 0 Å². The number of benzene rings is 10. The fourth-order valence-electron chi connectivity index (χ4n) is 13.9. The van der Waals surface area contributed by atoms with Gasteiger partial charge in [0.05, 0.1) is 11.1 Å². The normalized spacial score (nSPS) is 14.3. The summed E-state index contributed by atoms with van der Waals surface area (Å²) in [6.07, 6.45) is 0. The van der Waals surface area contributed by atoms with Crippen molar-refractivity contribution in [1.82, 2.24) is 0 Å². The smallest absolute Gasteiger partial charge is 0.264 e. The lowest BCUT2D eigenvalue weighted by Crippen LogP contribution is -2.60. The fourth-order valence-corrected chi connectivity index (χ4v) is 15.2. The molecule has 2 nitrogen and oxygen atoms in total. The first-order valence-electron chi connectivity index (χ1n) is 27.4. The summed E-state index contributed by atoms with van der Waals surface area (Å²) in [4.78, 5) is 5.23. The molecule has 10 aromatic carbocycles. The molecule has 4 heteroatoms. The minimum absolute atomic E-state index is 0.0151. The van der Waals surface area contributed by atoms with Gasteiger partial charge in [-0.3, -0.25) is 0 Å². The quantitative estimate of drug-likeness (QED) is 0.162.